The number of fused-ring (bicyclic) bond motifs is 4. The molecule has 0 spiro atoms. The van der Waals surface area contributed by atoms with Crippen molar-refractivity contribution >= 4 is 43.8 Å². The Bertz CT molecular complexity index is 1160. The molecule has 1 heterocycles. The van der Waals surface area contributed by atoms with Gasteiger partial charge in [0.05, 0.1) is 5.69 Å². The van der Waals surface area contributed by atoms with Gasteiger partial charge in [0, 0.05) is 10.9 Å². The van der Waals surface area contributed by atoms with Gasteiger partial charge in [0.25, 0.3) is 0 Å². The number of rotatable bonds is 1. The lowest BCUT2D eigenvalue weighted by Crippen LogP contribution is -1.84. The molecular weight excluding hydrogens is 298 g/mol. The Hall–Kier alpha value is -2.71. The van der Waals surface area contributed by atoms with Crippen LogP contribution in [0, 0.1) is 0 Å². The Labute approximate surface area is 138 Å². The van der Waals surface area contributed by atoms with Crippen LogP contribution in [0.25, 0.3) is 43.6 Å². The Morgan fingerprint density at radius 1 is 0.652 bits per heavy atom. The summed E-state index contributed by atoms with van der Waals surface area (Å²) in [5, 5.41) is 9.73. The fourth-order valence-corrected chi connectivity index (χ4v) is 3.89. The lowest BCUT2D eigenvalue weighted by molar-refractivity contribution is 1.55. The van der Waals surface area contributed by atoms with E-state index in [0.717, 1.165) is 5.69 Å². The SMILES string of the molecule is c1ccc2cc3c(ccc4cccc(-c5ccsn5)c43)cc2c1. The average Bonchev–Trinajstić information content (AvgIpc) is 3.14. The topological polar surface area (TPSA) is 12.9 Å². The van der Waals surface area contributed by atoms with Crippen LogP contribution in [-0.4, -0.2) is 4.37 Å². The fraction of sp³-hybridized carbons (Fsp3) is 0. The predicted molar refractivity (Wildman–Crippen MR) is 100 cm³/mol. The normalized spacial score (nSPS) is 11.5. The van der Waals surface area contributed by atoms with Gasteiger partial charge in [-0.15, -0.1) is 0 Å². The van der Waals surface area contributed by atoms with Gasteiger partial charge in [0.2, 0.25) is 0 Å². The van der Waals surface area contributed by atoms with Gasteiger partial charge in [0.15, 0.2) is 0 Å². The van der Waals surface area contributed by atoms with Crippen molar-refractivity contribution in [1.29, 1.82) is 0 Å². The van der Waals surface area contributed by atoms with E-state index in [1.165, 1.54) is 49.4 Å². The highest BCUT2D eigenvalue weighted by molar-refractivity contribution is 7.03. The molecule has 23 heavy (non-hydrogen) atoms. The summed E-state index contributed by atoms with van der Waals surface area (Å²) in [6, 6.07) is 26.1. The maximum absolute atomic E-state index is 4.55. The third kappa shape index (κ3) is 1.96. The minimum absolute atomic E-state index is 1.06. The van der Waals surface area contributed by atoms with Crippen molar-refractivity contribution in [3.05, 3.63) is 78.2 Å². The van der Waals surface area contributed by atoms with Gasteiger partial charge in [-0.2, -0.15) is 4.37 Å². The zero-order valence-electron chi connectivity index (χ0n) is 12.4. The molecule has 0 aliphatic heterocycles. The van der Waals surface area contributed by atoms with Crippen LogP contribution in [0.5, 0.6) is 0 Å². The van der Waals surface area contributed by atoms with E-state index in [9.17, 15) is 0 Å². The lowest BCUT2D eigenvalue weighted by Gasteiger charge is -2.10. The van der Waals surface area contributed by atoms with Crippen molar-refractivity contribution in [2.75, 3.05) is 0 Å². The summed E-state index contributed by atoms with van der Waals surface area (Å²) in [6.07, 6.45) is 0. The van der Waals surface area contributed by atoms with E-state index in [4.69, 9.17) is 0 Å². The first-order valence-corrected chi connectivity index (χ1v) is 8.49. The van der Waals surface area contributed by atoms with E-state index in [-0.39, 0.29) is 0 Å². The van der Waals surface area contributed by atoms with E-state index in [1.54, 1.807) is 0 Å². The molecule has 0 N–H and O–H groups in total. The molecule has 0 aliphatic carbocycles. The minimum atomic E-state index is 1.06. The molecule has 5 aromatic rings. The summed E-state index contributed by atoms with van der Waals surface area (Å²) in [5.74, 6) is 0. The van der Waals surface area contributed by atoms with Gasteiger partial charge in [-0.05, 0) is 62.0 Å². The van der Waals surface area contributed by atoms with E-state index >= 15 is 0 Å². The number of benzene rings is 4. The van der Waals surface area contributed by atoms with Crippen LogP contribution in [0.4, 0.5) is 0 Å². The summed E-state index contributed by atoms with van der Waals surface area (Å²) in [5.41, 5.74) is 2.27. The summed E-state index contributed by atoms with van der Waals surface area (Å²) < 4.78 is 4.55. The van der Waals surface area contributed by atoms with Crippen molar-refractivity contribution in [3.8, 4) is 11.3 Å². The molecule has 0 atom stereocenters. The highest BCUT2D eigenvalue weighted by atomic mass is 32.1. The maximum Gasteiger partial charge on any atom is 0.0847 e. The third-order valence-corrected chi connectivity index (χ3v) is 5.00. The number of nitrogens with zero attached hydrogens (tertiary/aromatic N) is 1. The van der Waals surface area contributed by atoms with Crippen LogP contribution >= 0.6 is 11.5 Å². The van der Waals surface area contributed by atoms with Crippen molar-refractivity contribution < 1.29 is 0 Å². The molecule has 0 fully saturated rings. The second-order valence-corrected chi connectivity index (χ2v) is 6.44. The van der Waals surface area contributed by atoms with Crippen LogP contribution in [0.3, 0.4) is 0 Å². The Balaban J connectivity index is 2.00. The van der Waals surface area contributed by atoms with Crippen molar-refractivity contribution in [2.45, 2.75) is 0 Å². The third-order valence-electron chi connectivity index (χ3n) is 4.44. The first kappa shape index (κ1) is 12.8. The van der Waals surface area contributed by atoms with E-state index in [2.05, 4.69) is 77.2 Å². The summed E-state index contributed by atoms with van der Waals surface area (Å²) >= 11 is 1.50. The summed E-state index contributed by atoms with van der Waals surface area (Å²) in [4.78, 5) is 0. The molecule has 0 aliphatic rings. The van der Waals surface area contributed by atoms with Gasteiger partial charge in [-0.3, -0.25) is 0 Å². The van der Waals surface area contributed by atoms with Gasteiger partial charge in [-0.1, -0.05) is 54.6 Å². The molecule has 1 aromatic heterocycles. The van der Waals surface area contributed by atoms with Gasteiger partial charge >= 0.3 is 0 Å². The molecule has 4 aromatic carbocycles. The van der Waals surface area contributed by atoms with Gasteiger partial charge < -0.3 is 0 Å². The molecule has 5 rings (SSSR count). The molecule has 1 nitrogen and oxygen atoms in total. The standard InChI is InChI=1S/C21H13NS/c1-2-5-16-13-19-17(12-15(16)4-1)9-8-14-6-3-7-18(21(14)19)20-10-11-23-22-20/h1-13H. The van der Waals surface area contributed by atoms with Crippen molar-refractivity contribution in [3.63, 3.8) is 0 Å². The molecule has 0 radical (unpaired) electrons. The average molecular weight is 311 g/mol. The Morgan fingerprint density at radius 2 is 1.43 bits per heavy atom. The molecule has 0 bridgehead atoms. The zero-order valence-corrected chi connectivity index (χ0v) is 13.2. The Kier molecular flexibility index (Phi) is 2.73. The van der Waals surface area contributed by atoms with Crippen LogP contribution in [0.2, 0.25) is 0 Å². The predicted octanol–water partition coefficient (Wildman–Crippen LogP) is 6.27. The van der Waals surface area contributed by atoms with E-state index in [1.807, 2.05) is 5.38 Å². The second kappa shape index (κ2) is 4.90. The highest BCUT2D eigenvalue weighted by Gasteiger charge is 2.09. The smallest absolute Gasteiger partial charge is 0.0847 e. The van der Waals surface area contributed by atoms with Crippen molar-refractivity contribution in [1.82, 2.24) is 4.37 Å². The molecule has 0 saturated carbocycles. The summed E-state index contributed by atoms with van der Waals surface area (Å²) in [6.45, 7) is 0. The number of hydrogen-bond donors (Lipinski definition) is 0. The number of hydrogen-bond acceptors (Lipinski definition) is 2. The number of aromatic nitrogens is 1. The lowest BCUT2D eigenvalue weighted by atomic mass is 9.94. The van der Waals surface area contributed by atoms with E-state index < -0.39 is 0 Å². The van der Waals surface area contributed by atoms with Crippen LogP contribution < -0.4 is 0 Å². The fourth-order valence-electron chi connectivity index (χ4n) is 3.37. The van der Waals surface area contributed by atoms with Gasteiger partial charge in [0.1, 0.15) is 0 Å². The van der Waals surface area contributed by atoms with Crippen LogP contribution in [0.1, 0.15) is 0 Å². The Morgan fingerprint density at radius 3 is 2.26 bits per heavy atom. The van der Waals surface area contributed by atoms with Gasteiger partial charge in [-0.25, -0.2) is 0 Å². The molecule has 2 heteroatoms. The van der Waals surface area contributed by atoms with Crippen molar-refractivity contribution in [2.24, 2.45) is 0 Å². The first-order chi connectivity index (χ1) is 11.4. The van der Waals surface area contributed by atoms with E-state index in [0.29, 0.717) is 0 Å². The zero-order chi connectivity index (χ0) is 15.2. The summed E-state index contributed by atoms with van der Waals surface area (Å²) in [7, 11) is 0. The molecule has 0 amide bonds. The largest absolute Gasteiger partial charge is 0.193 e. The highest BCUT2D eigenvalue weighted by Crippen LogP contribution is 2.35. The monoisotopic (exact) mass is 311 g/mol. The molecule has 108 valence electrons. The second-order valence-electron chi connectivity index (χ2n) is 5.77. The van der Waals surface area contributed by atoms with Crippen LogP contribution in [0.15, 0.2) is 78.2 Å². The maximum atomic E-state index is 4.55. The molecule has 0 unspecified atom stereocenters. The first-order valence-electron chi connectivity index (χ1n) is 7.65. The van der Waals surface area contributed by atoms with Crippen LogP contribution in [-0.2, 0) is 0 Å². The quantitative estimate of drug-likeness (QED) is 0.262. The molecule has 0 saturated heterocycles. The minimum Gasteiger partial charge on any atom is -0.193 e. The molecular formula is C21H13NS.